The van der Waals surface area contributed by atoms with Crippen molar-refractivity contribution >= 4 is 17.3 Å². The minimum absolute atomic E-state index is 0.0436. The summed E-state index contributed by atoms with van der Waals surface area (Å²) in [7, 11) is 1.48. The number of carbonyl (C=O) groups excluding carboxylic acids is 1. The third-order valence-corrected chi connectivity index (χ3v) is 3.32. The molecule has 1 heterocycles. The first-order valence-electron chi connectivity index (χ1n) is 6.40. The molecule has 1 aliphatic heterocycles. The summed E-state index contributed by atoms with van der Waals surface area (Å²) in [5.41, 5.74) is 0.411. The maximum absolute atomic E-state index is 11.9. The molecule has 2 N–H and O–H groups in total. The summed E-state index contributed by atoms with van der Waals surface area (Å²) >= 11 is 0. The van der Waals surface area contributed by atoms with Crippen LogP contribution < -0.4 is 15.4 Å². The second-order valence-corrected chi connectivity index (χ2v) is 4.83. The van der Waals surface area contributed by atoms with E-state index in [1.807, 2.05) is 6.92 Å². The van der Waals surface area contributed by atoms with E-state index in [0.717, 1.165) is 6.42 Å². The molecule has 7 nitrogen and oxygen atoms in total. The van der Waals surface area contributed by atoms with Gasteiger partial charge in [-0.05, 0) is 25.8 Å². The number of rotatable bonds is 4. The van der Waals surface area contributed by atoms with Crippen molar-refractivity contribution in [1.29, 1.82) is 0 Å². The van der Waals surface area contributed by atoms with Crippen molar-refractivity contribution in [2.24, 2.45) is 0 Å². The molecule has 1 aromatic carbocycles. The predicted octanol–water partition coefficient (Wildman–Crippen LogP) is 1.68. The largest absolute Gasteiger partial charge is 0.495 e. The summed E-state index contributed by atoms with van der Waals surface area (Å²) in [6, 6.07) is 4.02. The lowest BCUT2D eigenvalue weighted by molar-refractivity contribution is -0.384. The number of nitrogens with zero attached hydrogens (tertiary/aromatic N) is 1. The lowest BCUT2D eigenvalue weighted by atomic mass is 10.0. The van der Waals surface area contributed by atoms with Crippen molar-refractivity contribution in [2.75, 3.05) is 12.4 Å². The topological polar surface area (TPSA) is 93.5 Å². The van der Waals surface area contributed by atoms with Crippen LogP contribution >= 0.6 is 0 Å². The van der Waals surface area contributed by atoms with E-state index in [0.29, 0.717) is 17.9 Å². The molecule has 1 aliphatic rings. The first-order valence-corrected chi connectivity index (χ1v) is 6.40. The highest BCUT2D eigenvalue weighted by molar-refractivity contribution is 5.86. The van der Waals surface area contributed by atoms with Crippen LogP contribution in [0, 0.1) is 10.1 Å². The number of hydrogen-bond acceptors (Lipinski definition) is 5. The fourth-order valence-electron chi connectivity index (χ4n) is 2.21. The molecule has 0 radical (unpaired) electrons. The molecule has 0 spiro atoms. The minimum atomic E-state index is -0.479. The zero-order chi connectivity index (χ0) is 14.7. The summed E-state index contributed by atoms with van der Waals surface area (Å²) in [5.74, 6) is 0.374. The molecule has 7 heteroatoms. The van der Waals surface area contributed by atoms with E-state index in [2.05, 4.69) is 10.6 Å². The van der Waals surface area contributed by atoms with E-state index in [9.17, 15) is 14.9 Å². The Morgan fingerprint density at radius 1 is 1.45 bits per heavy atom. The molecule has 2 atom stereocenters. The highest BCUT2D eigenvalue weighted by Gasteiger charge is 2.26. The zero-order valence-electron chi connectivity index (χ0n) is 11.4. The molecule has 1 fully saturated rings. The van der Waals surface area contributed by atoms with Crippen molar-refractivity contribution in [3.8, 4) is 5.75 Å². The van der Waals surface area contributed by atoms with Gasteiger partial charge in [-0.15, -0.1) is 0 Å². The van der Waals surface area contributed by atoms with Gasteiger partial charge in [-0.3, -0.25) is 14.9 Å². The highest BCUT2D eigenvalue weighted by Crippen LogP contribution is 2.30. The van der Waals surface area contributed by atoms with Gasteiger partial charge in [-0.2, -0.15) is 0 Å². The number of non-ortho nitro benzene ring substituents is 1. The molecule has 0 bridgehead atoms. The van der Waals surface area contributed by atoms with Crippen molar-refractivity contribution in [1.82, 2.24) is 5.32 Å². The molecule has 1 saturated heterocycles. The molecule has 1 aromatic rings. The van der Waals surface area contributed by atoms with Crippen LogP contribution in [0.1, 0.15) is 19.8 Å². The second kappa shape index (κ2) is 5.77. The molecule has 0 aliphatic carbocycles. The number of nitrogens with one attached hydrogen (secondary N) is 2. The number of carbonyl (C=O) groups is 1. The van der Waals surface area contributed by atoms with Crippen LogP contribution in [-0.2, 0) is 4.79 Å². The molecular formula is C13H17N3O4. The quantitative estimate of drug-likeness (QED) is 0.646. The molecule has 0 saturated carbocycles. The Morgan fingerprint density at radius 2 is 2.20 bits per heavy atom. The minimum Gasteiger partial charge on any atom is -0.495 e. The van der Waals surface area contributed by atoms with Gasteiger partial charge in [0, 0.05) is 18.2 Å². The summed E-state index contributed by atoms with van der Waals surface area (Å²) in [6.07, 6.45) is 1.54. The number of methoxy groups -OCH3 is 1. The maximum atomic E-state index is 11.9. The Labute approximate surface area is 116 Å². The molecule has 108 valence electrons. The van der Waals surface area contributed by atoms with Crippen molar-refractivity contribution in [3.63, 3.8) is 0 Å². The molecule has 2 unspecified atom stereocenters. The molecule has 0 aromatic heterocycles. The summed E-state index contributed by atoms with van der Waals surface area (Å²) < 4.78 is 5.16. The maximum Gasteiger partial charge on any atom is 0.271 e. The van der Waals surface area contributed by atoms with Gasteiger partial charge in [0.2, 0.25) is 5.91 Å². The average molecular weight is 279 g/mol. The Hall–Kier alpha value is -2.31. The van der Waals surface area contributed by atoms with E-state index < -0.39 is 11.0 Å². The number of anilines is 1. The predicted molar refractivity (Wildman–Crippen MR) is 73.9 cm³/mol. The summed E-state index contributed by atoms with van der Waals surface area (Å²) in [5, 5.41) is 16.7. The van der Waals surface area contributed by atoms with Crippen LogP contribution in [0.3, 0.4) is 0 Å². The normalized spacial score (nSPS) is 22.0. The van der Waals surface area contributed by atoms with E-state index in [1.54, 1.807) is 0 Å². The molecular weight excluding hydrogens is 262 g/mol. The number of piperidine rings is 1. The van der Waals surface area contributed by atoms with Crippen molar-refractivity contribution < 1.29 is 14.5 Å². The number of nitro groups is 1. The number of amides is 1. The summed E-state index contributed by atoms with van der Waals surface area (Å²) in [4.78, 5) is 22.2. The third kappa shape index (κ3) is 2.98. The first kappa shape index (κ1) is 14.1. The second-order valence-electron chi connectivity index (χ2n) is 4.83. The van der Waals surface area contributed by atoms with Gasteiger partial charge in [0.25, 0.3) is 5.69 Å². The summed E-state index contributed by atoms with van der Waals surface area (Å²) in [6.45, 7) is 1.95. The Kier molecular flexibility index (Phi) is 4.07. The monoisotopic (exact) mass is 279 g/mol. The number of nitro benzene ring substituents is 1. The lowest BCUT2D eigenvalue weighted by Crippen LogP contribution is -2.48. The van der Waals surface area contributed by atoms with Crippen molar-refractivity contribution in [2.45, 2.75) is 31.8 Å². The standard InChI is InChI=1S/C13H17N3O4/c1-8-3-5-10(13(17)14-8)15-11-7-9(16(18)19)4-6-12(11)20-2/h4,6-8,10,15H,3,5H2,1-2H3,(H,14,17). The van der Waals surface area contributed by atoms with E-state index in [4.69, 9.17) is 4.74 Å². The third-order valence-electron chi connectivity index (χ3n) is 3.32. The molecule has 2 rings (SSSR count). The number of ether oxygens (including phenoxy) is 1. The SMILES string of the molecule is COc1ccc([N+](=O)[O-])cc1NC1CCC(C)NC1=O. The molecule has 1 amide bonds. The lowest BCUT2D eigenvalue weighted by Gasteiger charge is -2.28. The van der Waals surface area contributed by atoms with Crippen LogP contribution in [0.5, 0.6) is 5.75 Å². The van der Waals surface area contributed by atoms with Gasteiger partial charge < -0.3 is 15.4 Å². The van der Waals surface area contributed by atoms with Crippen LogP contribution in [-0.4, -0.2) is 30.0 Å². The van der Waals surface area contributed by atoms with E-state index in [1.165, 1.54) is 25.3 Å². The van der Waals surface area contributed by atoms with Gasteiger partial charge in [-0.25, -0.2) is 0 Å². The smallest absolute Gasteiger partial charge is 0.271 e. The van der Waals surface area contributed by atoms with Crippen LogP contribution in [0.15, 0.2) is 18.2 Å². The Bertz CT molecular complexity index is 532. The van der Waals surface area contributed by atoms with Gasteiger partial charge in [-0.1, -0.05) is 0 Å². The van der Waals surface area contributed by atoms with E-state index >= 15 is 0 Å². The Morgan fingerprint density at radius 3 is 2.80 bits per heavy atom. The van der Waals surface area contributed by atoms with Gasteiger partial charge >= 0.3 is 0 Å². The van der Waals surface area contributed by atoms with Crippen LogP contribution in [0.25, 0.3) is 0 Å². The van der Waals surface area contributed by atoms with Crippen LogP contribution in [0.4, 0.5) is 11.4 Å². The Balaban J connectivity index is 2.21. The highest BCUT2D eigenvalue weighted by atomic mass is 16.6. The fourth-order valence-corrected chi connectivity index (χ4v) is 2.21. The fraction of sp³-hybridized carbons (Fsp3) is 0.462. The number of hydrogen-bond donors (Lipinski definition) is 2. The molecule has 20 heavy (non-hydrogen) atoms. The van der Waals surface area contributed by atoms with E-state index in [-0.39, 0.29) is 17.6 Å². The van der Waals surface area contributed by atoms with Gasteiger partial charge in [0.1, 0.15) is 11.8 Å². The van der Waals surface area contributed by atoms with Gasteiger partial charge in [0.05, 0.1) is 17.7 Å². The first-order chi connectivity index (χ1) is 9.51. The van der Waals surface area contributed by atoms with Crippen LogP contribution in [0.2, 0.25) is 0 Å². The van der Waals surface area contributed by atoms with Gasteiger partial charge in [0.15, 0.2) is 0 Å². The van der Waals surface area contributed by atoms with Crippen molar-refractivity contribution in [3.05, 3.63) is 28.3 Å². The average Bonchev–Trinajstić information content (AvgIpc) is 2.41. The number of benzene rings is 1. The zero-order valence-corrected chi connectivity index (χ0v) is 11.4.